The normalized spacial score (nSPS) is 33.9. The fourth-order valence-electron chi connectivity index (χ4n) is 11.5. The second-order valence-electron chi connectivity index (χ2n) is 17.1. The lowest BCUT2D eigenvalue weighted by Crippen LogP contribution is -2.60. The third-order valence-electron chi connectivity index (χ3n) is 14.3. The van der Waals surface area contributed by atoms with Gasteiger partial charge >= 0.3 is 11.9 Å². The molecule has 0 heterocycles. The van der Waals surface area contributed by atoms with Crippen molar-refractivity contribution in [3.8, 4) is 0 Å². The highest BCUT2D eigenvalue weighted by Gasteiger charge is 2.67. The van der Waals surface area contributed by atoms with Crippen molar-refractivity contribution in [1.29, 1.82) is 0 Å². The number of rotatable bonds is 20. The summed E-state index contributed by atoms with van der Waals surface area (Å²) in [5.41, 5.74) is -0.705. The highest BCUT2D eigenvalue weighted by atomic mass is 16.5. The molecule has 268 valence electrons. The van der Waals surface area contributed by atoms with E-state index in [-0.39, 0.29) is 11.4 Å². The number of hydrogen-bond acceptors (Lipinski definition) is 3. The second kappa shape index (κ2) is 17.9. The monoisotopic (exact) mass is 653 g/mol. The number of unbranched alkanes of at least 4 members (excludes halogenated alkanes) is 11. The lowest BCUT2D eigenvalue weighted by Gasteiger charge is -2.63. The van der Waals surface area contributed by atoms with Crippen LogP contribution < -0.4 is 0 Å². The molecule has 3 saturated carbocycles. The van der Waals surface area contributed by atoms with Gasteiger partial charge in [0.05, 0.1) is 5.41 Å². The smallest absolute Gasteiger partial charge is 0.310 e. The predicted octanol–water partition coefficient (Wildman–Crippen LogP) is 12.6. The van der Waals surface area contributed by atoms with E-state index in [0.29, 0.717) is 42.3 Å². The minimum Gasteiger partial charge on any atom is -0.481 e. The molecule has 0 aromatic carbocycles. The van der Waals surface area contributed by atoms with Crippen LogP contribution >= 0.6 is 0 Å². The lowest BCUT2D eigenvalue weighted by atomic mass is 9.40. The van der Waals surface area contributed by atoms with E-state index in [0.717, 1.165) is 62.7 Å². The molecule has 0 spiro atoms. The summed E-state index contributed by atoms with van der Waals surface area (Å²) in [6.45, 7) is 11.9. The molecule has 4 heteroatoms. The number of esters is 1. The summed E-state index contributed by atoms with van der Waals surface area (Å²) in [4.78, 5) is 26.0. The molecule has 8 atom stereocenters. The molecular weight excluding hydrogens is 580 g/mol. The van der Waals surface area contributed by atoms with E-state index in [9.17, 15) is 14.7 Å². The summed E-state index contributed by atoms with van der Waals surface area (Å²) in [7, 11) is 0. The fourth-order valence-corrected chi connectivity index (χ4v) is 11.5. The van der Waals surface area contributed by atoms with Crippen molar-refractivity contribution in [2.45, 2.75) is 189 Å². The number of fused-ring (bicyclic) bond motifs is 5. The molecular formula is C43H72O4. The van der Waals surface area contributed by atoms with Gasteiger partial charge in [0.2, 0.25) is 0 Å². The van der Waals surface area contributed by atoms with E-state index < -0.39 is 11.4 Å². The first-order valence-corrected chi connectivity index (χ1v) is 20.4. The van der Waals surface area contributed by atoms with Crippen LogP contribution in [0.25, 0.3) is 0 Å². The first-order valence-electron chi connectivity index (χ1n) is 20.4. The van der Waals surface area contributed by atoms with Gasteiger partial charge in [-0.2, -0.15) is 0 Å². The molecule has 4 aliphatic carbocycles. The van der Waals surface area contributed by atoms with Crippen LogP contribution in [0.15, 0.2) is 24.0 Å². The van der Waals surface area contributed by atoms with Gasteiger partial charge in [0, 0.05) is 12.8 Å². The molecule has 4 nitrogen and oxygen atoms in total. The average Bonchev–Trinajstić information content (AvgIpc) is 3.40. The largest absolute Gasteiger partial charge is 0.481 e. The molecule has 3 fully saturated rings. The van der Waals surface area contributed by atoms with Crippen molar-refractivity contribution in [3.63, 3.8) is 0 Å². The van der Waals surface area contributed by atoms with E-state index in [1.54, 1.807) is 0 Å². The van der Waals surface area contributed by atoms with Crippen LogP contribution in [0.3, 0.4) is 0 Å². The Kier molecular flexibility index (Phi) is 14.5. The second-order valence-corrected chi connectivity index (χ2v) is 17.1. The summed E-state index contributed by atoms with van der Waals surface area (Å²) in [5, 5.41) is 10.8. The number of allylic oxidation sites excluding steroid dienone is 4. The Hall–Kier alpha value is -1.58. The third kappa shape index (κ3) is 8.78. The Balaban J connectivity index is 1.20. The van der Waals surface area contributed by atoms with Gasteiger partial charge in [-0.15, -0.1) is 0 Å². The van der Waals surface area contributed by atoms with E-state index in [1.165, 1.54) is 89.9 Å². The highest BCUT2D eigenvalue weighted by Crippen LogP contribution is 2.71. The molecule has 0 aromatic rings. The van der Waals surface area contributed by atoms with Gasteiger partial charge in [-0.1, -0.05) is 111 Å². The minimum atomic E-state index is -0.830. The van der Waals surface area contributed by atoms with Crippen molar-refractivity contribution in [2.75, 3.05) is 0 Å². The first-order chi connectivity index (χ1) is 22.6. The highest BCUT2D eigenvalue weighted by molar-refractivity contribution is 5.77. The molecule has 1 unspecified atom stereocenters. The summed E-state index contributed by atoms with van der Waals surface area (Å²) in [5.74, 6) is 3.15. The first kappa shape index (κ1) is 38.2. The van der Waals surface area contributed by atoms with Gasteiger partial charge in [-0.05, 0) is 124 Å². The molecule has 0 aliphatic heterocycles. The topological polar surface area (TPSA) is 63.6 Å². The number of hydrogen-bond donors (Lipinski definition) is 1. The maximum Gasteiger partial charge on any atom is 0.310 e. The number of carboxylic acids is 1. The standard InChI is InChI=1S/C43H72O4/c1-6-8-9-10-11-12-13-14-15-16-17-18-19-20-21-23-39(44)47-34-26-30-42(5)38-28-29-41(4)36(33(3)22-7-2)24-25-37(41)35(38)27-31-43(42,32-34)40(45)46/h14-15,26,33,35-38H,6-13,16-25,27-32H2,1-5H3,(H,45,46)/t33-,35+,36-,37+,38+,41-,42-,43?/m1/s1. The maximum atomic E-state index is 13.2. The number of carbonyl (C=O) groups is 2. The Morgan fingerprint density at radius 2 is 1.51 bits per heavy atom. The van der Waals surface area contributed by atoms with Crippen molar-refractivity contribution >= 4 is 11.9 Å². The summed E-state index contributed by atoms with van der Waals surface area (Å²) < 4.78 is 5.91. The van der Waals surface area contributed by atoms with Crippen LogP contribution in [0.1, 0.15) is 189 Å². The summed E-state index contributed by atoms with van der Waals surface area (Å²) in [6.07, 6.45) is 33.7. The van der Waals surface area contributed by atoms with Crippen molar-refractivity contribution in [3.05, 3.63) is 24.0 Å². The Bertz CT molecular complexity index is 1060. The van der Waals surface area contributed by atoms with Crippen molar-refractivity contribution < 1.29 is 19.4 Å². The predicted molar refractivity (Wildman–Crippen MR) is 195 cm³/mol. The van der Waals surface area contributed by atoms with Crippen LogP contribution in [-0.4, -0.2) is 17.0 Å². The molecule has 1 N–H and O–H groups in total. The van der Waals surface area contributed by atoms with Crippen LogP contribution in [0, 0.1) is 45.8 Å². The van der Waals surface area contributed by atoms with Gasteiger partial charge in [0.25, 0.3) is 0 Å². The van der Waals surface area contributed by atoms with Gasteiger partial charge in [-0.3, -0.25) is 9.59 Å². The van der Waals surface area contributed by atoms with Crippen LogP contribution in [0.2, 0.25) is 0 Å². The Morgan fingerprint density at radius 1 is 0.851 bits per heavy atom. The van der Waals surface area contributed by atoms with Gasteiger partial charge < -0.3 is 9.84 Å². The van der Waals surface area contributed by atoms with E-state index in [4.69, 9.17) is 4.74 Å². The molecule has 4 aliphatic rings. The zero-order valence-corrected chi connectivity index (χ0v) is 31.3. The lowest BCUT2D eigenvalue weighted by molar-refractivity contribution is -0.187. The zero-order chi connectivity index (χ0) is 33.9. The van der Waals surface area contributed by atoms with E-state index in [2.05, 4.69) is 52.8 Å². The molecule has 0 bridgehead atoms. The number of ether oxygens (including phenoxy) is 1. The Morgan fingerprint density at radius 3 is 2.17 bits per heavy atom. The summed E-state index contributed by atoms with van der Waals surface area (Å²) >= 11 is 0. The molecule has 47 heavy (non-hydrogen) atoms. The van der Waals surface area contributed by atoms with Gasteiger partial charge in [0.1, 0.15) is 5.76 Å². The summed E-state index contributed by atoms with van der Waals surface area (Å²) in [6, 6.07) is 0. The molecule has 4 rings (SSSR count). The quantitative estimate of drug-likeness (QED) is 0.0807. The SMILES string of the molecule is CCCCCCCCC=CCCCCCCCC(=O)OC1=CC[C@]2(C)[C@H]3CC[C@]4(C)[C@@H]([C@H](C)CCC)CC[C@H]4[C@@H]3CCC2(C(=O)O)C1. The van der Waals surface area contributed by atoms with Crippen molar-refractivity contribution in [2.24, 2.45) is 45.8 Å². The molecule has 0 aromatic heterocycles. The van der Waals surface area contributed by atoms with Gasteiger partial charge in [-0.25, -0.2) is 0 Å². The van der Waals surface area contributed by atoms with Crippen LogP contribution in [0.4, 0.5) is 0 Å². The average molecular weight is 653 g/mol. The number of carbonyl (C=O) groups excluding carboxylic acids is 1. The molecule has 0 amide bonds. The minimum absolute atomic E-state index is 0.182. The van der Waals surface area contributed by atoms with Crippen LogP contribution in [0.5, 0.6) is 0 Å². The third-order valence-corrected chi connectivity index (χ3v) is 14.3. The van der Waals surface area contributed by atoms with Gasteiger partial charge in [0.15, 0.2) is 0 Å². The van der Waals surface area contributed by atoms with E-state index in [1.807, 2.05) is 0 Å². The number of carboxylic acid groups (broad SMARTS) is 1. The molecule has 0 saturated heterocycles. The van der Waals surface area contributed by atoms with E-state index >= 15 is 0 Å². The number of aliphatic carboxylic acids is 1. The zero-order valence-electron chi connectivity index (χ0n) is 31.3. The van der Waals surface area contributed by atoms with Crippen molar-refractivity contribution in [1.82, 2.24) is 0 Å². The molecule has 0 radical (unpaired) electrons. The van der Waals surface area contributed by atoms with Crippen LogP contribution in [-0.2, 0) is 14.3 Å². The maximum absolute atomic E-state index is 13.2. The Labute approximate surface area is 289 Å². The fraction of sp³-hybridized carbons (Fsp3) is 0.860.